The van der Waals surface area contributed by atoms with Crippen LogP contribution in [-0.2, 0) is 4.74 Å². The van der Waals surface area contributed by atoms with E-state index in [9.17, 15) is 4.79 Å². The van der Waals surface area contributed by atoms with E-state index >= 15 is 0 Å². The van der Waals surface area contributed by atoms with Gasteiger partial charge in [-0.3, -0.25) is 4.98 Å². The van der Waals surface area contributed by atoms with Gasteiger partial charge < -0.3 is 15.4 Å². The van der Waals surface area contributed by atoms with E-state index in [4.69, 9.17) is 10.5 Å². The summed E-state index contributed by atoms with van der Waals surface area (Å²) in [4.78, 5) is 18.3. The average molecular weight is 263 g/mol. The highest BCUT2D eigenvalue weighted by Gasteiger charge is 2.13. The van der Waals surface area contributed by atoms with Gasteiger partial charge in [-0.05, 0) is 45.3 Å². The van der Waals surface area contributed by atoms with Crippen LogP contribution >= 0.6 is 0 Å². The summed E-state index contributed by atoms with van der Waals surface area (Å²) in [5, 5.41) is 0. The van der Waals surface area contributed by atoms with Crippen molar-refractivity contribution in [3.05, 3.63) is 23.5 Å². The zero-order valence-corrected chi connectivity index (χ0v) is 11.4. The van der Waals surface area contributed by atoms with Gasteiger partial charge in [-0.15, -0.1) is 0 Å². The predicted octanol–water partition coefficient (Wildman–Crippen LogP) is 1.61. The SMILES string of the molecule is Cc1ncc(N)cc1C(=O)OCCCN1CCCC1. The van der Waals surface area contributed by atoms with Crippen molar-refractivity contribution in [2.24, 2.45) is 0 Å². The van der Waals surface area contributed by atoms with Gasteiger partial charge in [-0.2, -0.15) is 0 Å². The number of nitrogen functional groups attached to an aromatic ring is 1. The van der Waals surface area contributed by atoms with Gasteiger partial charge >= 0.3 is 5.97 Å². The molecule has 0 aromatic carbocycles. The molecule has 0 spiro atoms. The molecule has 1 fully saturated rings. The summed E-state index contributed by atoms with van der Waals surface area (Å²) in [5.74, 6) is -0.335. The van der Waals surface area contributed by atoms with Gasteiger partial charge in [0, 0.05) is 6.54 Å². The lowest BCUT2D eigenvalue weighted by molar-refractivity contribution is 0.0489. The van der Waals surface area contributed by atoms with Crippen molar-refractivity contribution < 1.29 is 9.53 Å². The third kappa shape index (κ3) is 3.92. The maximum Gasteiger partial charge on any atom is 0.340 e. The number of hydrogen-bond acceptors (Lipinski definition) is 5. The molecule has 19 heavy (non-hydrogen) atoms. The normalized spacial score (nSPS) is 15.6. The van der Waals surface area contributed by atoms with Crippen molar-refractivity contribution >= 4 is 11.7 Å². The van der Waals surface area contributed by atoms with Crippen LogP contribution in [0.1, 0.15) is 35.3 Å². The third-order valence-electron chi connectivity index (χ3n) is 3.38. The van der Waals surface area contributed by atoms with Crippen molar-refractivity contribution in [1.82, 2.24) is 9.88 Å². The molecule has 1 aliphatic rings. The van der Waals surface area contributed by atoms with Crippen molar-refractivity contribution in [2.75, 3.05) is 32.0 Å². The van der Waals surface area contributed by atoms with E-state index < -0.39 is 0 Å². The van der Waals surface area contributed by atoms with Crippen LogP contribution in [0.25, 0.3) is 0 Å². The summed E-state index contributed by atoms with van der Waals surface area (Å²) in [6.07, 6.45) is 4.99. The number of hydrogen-bond donors (Lipinski definition) is 1. The first-order chi connectivity index (χ1) is 9.16. The highest BCUT2D eigenvalue weighted by molar-refractivity contribution is 5.91. The van der Waals surface area contributed by atoms with Crippen LogP contribution in [0, 0.1) is 6.92 Å². The largest absolute Gasteiger partial charge is 0.462 e. The summed E-state index contributed by atoms with van der Waals surface area (Å²) in [6.45, 7) is 5.57. The van der Waals surface area contributed by atoms with E-state index in [1.807, 2.05) is 0 Å². The van der Waals surface area contributed by atoms with Crippen LogP contribution in [0.3, 0.4) is 0 Å². The van der Waals surface area contributed by atoms with Crippen LogP contribution in [-0.4, -0.2) is 42.1 Å². The number of pyridine rings is 1. The molecule has 5 nitrogen and oxygen atoms in total. The number of rotatable bonds is 5. The Bertz CT molecular complexity index is 442. The Kier molecular flexibility index (Phi) is 4.74. The van der Waals surface area contributed by atoms with Crippen molar-refractivity contribution in [2.45, 2.75) is 26.2 Å². The number of carbonyl (C=O) groups is 1. The smallest absolute Gasteiger partial charge is 0.340 e. The Hall–Kier alpha value is -1.62. The van der Waals surface area contributed by atoms with Crippen molar-refractivity contribution in [1.29, 1.82) is 0 Å². The third-order valence-corrected chi connectivity index (χ3v) is 3.38. The number of aryl methyl sites for hydroxylation is 1. The van der Waals surface area contributed by atoms with Gasteiger partial charge in [-0.1, -0.05) is 0 Å². The molecule has 104 valence electrons. The number of esters is 1. The summed E-state index contributed by atoms with van der Waals surface area (Å²) in [7, 11) is 0. The summed E-state index contributed by atoms with van der Waals surface area (Å²) >= 11 is 0. The molecular formula is C14H21N3O2. The van der Waals surface area contributed by atoms with Crippen LogP contribution in [0.15, 0.2) is 12.3 Å². The fourth-order valence-corrected chi connectivity index (χ4v) is 2.29. The number of anilines is 1. The number of nitrogens with two attached hydrogens (primary N) is 1. The average Bonchev–Trinajstić information content (AvgIpc) is 2.90. The summed E-state index contributed by atoms with van der Waals surface area (Å²) in [5.41, 5.74) is 7.22. The summed E-state index contributed by atoms with van der Waals surface area (Å²) < 4.78 is 5.26. The Morgan fingerprint density at radius 1 is 1.47 bits per heavy atom. The molecule has 0 atom stereocenters. The number of likely N-dealkylation sites (tertiary alicyclic amines) is 1. The minimum Gasteiger partial charge on any atom is -0.462 e. The molecule has 5 heteroatoms. The number of aromatic nitrogens is 1. The molecule has 2 heterocycles. The van der Waals surface area contributed by atoms with Gasteiger partial charge in [0.1, 0.15) is 0 Å². The highest BCUT2D eigenvalue weighted by atomic mass is 16.5. The fraction of sp³-hybridized carbons (Fsp3) is 0.571. The first-order valence-electron chi connectivity index (χ1n) is 6.78. The second-order valence-electron chi connectivity index (χ2n) is 4.94. The molecule has 1 aliphatic heterocycles. The van der Waals surface area contributed by atoms with Crippen LogP contribution in [0.5, 0.6) is 0 Å². The standard InChI is InChI=1S/C14H21N3O2/c1-11-13(9-12(15)10-16-11)14(18)19-8-4-7-17-5-2-3-6-17/h9-10H,2-8,15H2,1H3. The van der Waals surface area contributed by atoms with Gasteiger partial charge in [-0.25, -0.2) is 4.79 Å². The maximum absolute atomic E-state index is 11.9. The Labute approximate surface area is 113 Å². The maximum atomic E-state index is 11.9. The van der Waals surface area contributed by atoms with Gasteiger partial charge in [0.05, 0.1) is 29.7 Å². The first-order valence-corrected chi connectivity index (χ1v) is 6.78. The second-order valence-corrected chi connectivity index (χ2v) is 4.94. The predicted molar refractivity (Wildman–Crippen MR) is 74.0 cm³/mol. The molecule has 1 aromatic rings. The lowest BCUT2D eigenvalue weighted by atomic mass is 10.2. The van der Waals surface area contributed by atoms with E-state index in [0.29, 0.717) is 23.6 Å². The zero-order valence-electron chi connectivity index (χ0n) is 11.4. The first kappa shape index (κ1) is 13.8. The van der Waals surface area contributed by atoms with Crippen LogP contribution in [0.2, 0.25) is 0 Å². The monoisotopic (exact) mass is 263 g/mol. The van der Waals surface area contributed by atoms with E-state index in [-0.39, 0.29) is 5.97 Å². The van der Waals surface area contributed by atoms with Crippen molar-refractivity contribution in [3.63, 3.8) is 0 Å². The van der Waals surface area contributed by atoms with Crippen LogP contribution in [0.4, 0.5) is 5.69 Å². The lowest BCUT2D eigenvalue weighted by Gasteiger charge is -2.14. The summed E-state index contributed by atoms with van der Waals surface area (Å²) in [6, 6.07) is 1.62. The van der Waals surface area contributed by atoms with Gasteiger partial charge in [0.2, 0.25) is 0 Å². The van der Waals surface area contributed by atoms with Gasteiger partial charge in [0.25, 0.3) is 0 Å². The van der Waals surface area contributed by atoms with E-state index in [2.05, 4.69) is 9.88 Å². The molecule has 1 saturated heterocycles. The Morgan fingerprint density at radius 3 is 2.95 bits per heavy atom. The molecule has 0 unspecified atom stereocenters. The molecule has 0 saturated carbocycles. The van der Waals surface area contributed by atoms with E-state index in [1.165, 1.54) is 25.9 Å². The highest BCUT2D eigenvalue weighted by Crippen LogP contribution is 2.11. The molecule has 2 rings (SSSR count). The van der Waals surface area contributed by atoms with Crippen LogP contribution < -0.4 is 5.73 Å². The minimum atomic E-state index is -0.335. The molecule has 2 N–H and O–H groups in total. The minimum absolute atomic E-state index is 0.335. The number of ether oxygens (including phenoxy) is 1. The topological polar surface area (TPSA) is 68.4 Å². The fourth-order valence-electron chi connectivity index (χ4n) is 2.29. The van der Waals surface area contributed by atoms with E-state index in [0.717, 1.165) is 13.0 Å². The van der Waals surface area contributed by atoms with Crippen molar-refractivity contribution in [3.8, 4) is 0 Å². The molecule has 0 bridgehead atoms. The number of nitrogens with zero attached hydrogens (tertiary/aromatic N) is 2. The Balaban J connectivity index is 1.75. The molecule has 1 aromatic heterocycles. The number of carbonyl (C=O) groups excluding carboxylic acids is 1. The zero-order chi connectivity index (χ0) is 13.7. The lowest BCUT2D eigenvalue weighted by Crippen LogP contribution is -2.22. The Morgan fingerprint density at radius 2 is 2.21 bits per heavy atom. The molecule has 0 radical (unpaired) electrons. The molecule has 0 amide bonds. The quantitative estimate of drug-likeness (QED) is 0.645. The molecule has 0 aliphatic carbocycles. The second kappa shape index (κ2) is 6.52. The van der Waals surface area contributed by atoms with Gasteiger partial charge in [0.15, 0.2) is 0 Å². The van der Waals surface area contributed by atoms with E-state index in [1.54, 1.807) is 19.2 Å². The molecular weight excluding hydrogens is 242 g/mol.